The molecule has 0 aliphatic carbocycles. The maximum absolute atomic E-state index is 12.0. The molecule has 0 atom stereocenters. The highest BCUT2D eigenvalue weighted by molar-refractivity contribution is 7.86. The molecule has 0 saturated carbocycles. The molecule has 0 bridgehead atoms. The zero-order valence-electron chi connectivity index (χ0n) is 29.0. The molecule has 17 nitrogen and oxygen atoms in total. The lowest BCUT2D eigenvalue weighted by Gasteiger charge is -2.09. The van der Waals surface area contributed by atoms with Gasteiger partial charge < -0.3 is 61.9 Å². The molecule has 50 heavy (non-hydrogen) atoms. The van der Waals surface area contributed by atoms with Gasteiger partial charge in [0.1, 0.15) is 6.61 Å². The van der Waals surface area contributed by atoms with E-state index in [9.17, 15) is 13.2 Å². The molecule has 292 valence electrons. The summed E-state index contributed by atoms with van der Waals surface area (Å²) in [5, 5.41) is 8.43. The molecule has 0 aliphatic heterocycles. The number of benzene rings is 1. The fourth-order valence-corrected chi connectivity index (χ4v) is 4.35. The van der Waals surface area contributed by atoms with Gasteiger partial charge in [-0.1, -0.05) is 18.2 Å². The van der Waals surface area contributed by atoms with E-state index in [2.05, 4.69) is 0 Å². The van der Waals surface area contributed by atoms with Gasteiger partial charge in [-0.25, -0.2) is 4.79 Å². The third-order valence-corrected chi connectivity index (χ3v) is 7.14. The smallest absolute Gasteiger partial charge is 0.329 e. The van der Waals surface area contributed by atoms with Crippen molar-refractivity contribution in [3.8, 4) is 0 Å². The summed E-state index contributed by atoms with van der Waals surface area (Å²) in [4.78, 5) is 10.4. The van der Waals surface area contributed by atoms with E-state index in [-0.39, 0.29) is 31.3 Å². The summed E-state index contributed by atoms with van der Waals surface area (Å²) >= 11 is 0. The molecule has 0 unspecified atom stereocenters. The fraction of sp³-hybridized carbons (Fsp3) is 0.781. The molecule has 1 rings (SSSR count). The molecule has 0 aliphatic rings. The van der Waals surface area contributed by atoms with Crippen LogP contribution in [0.5, 0.6) is 0 Å². The molecule has 0 spiro atoms. The molecular formula is C32H56O17S. The summed E-state index contributed by atoms with van der Waals surface area (Å²) in [5.74, 6) is -1.00. The summed E-state index contributed by atoms with van der Waals surface area (Å²) in [6, 6.07) is 7.95. The molecule has 0 aromatic heterocycles. The largest absolute Gasteiger partial charge is 0.480 e. The Morgan fingerprint density at radius 3 is 0.900 bits per heavy atom. The Bertz CT molecular complexity index is 971. The van der Waals surface area contributed by atoms with Crippen LogP contribution in [0.2, 0.25) is 0 Å². The molecule has 0 fully saturated rings. The number of ether oxygens (including phenoxy) is 12. The zero-order valence-corrected chi connectivity index (χ0v) is 29.8. The first-order valence-corrected chi connectivity index (χ1v) is 18.0. The number of hydrogen-bond donors (Lipinski definition) is 1. The lowest BCUT2D eigenvalue weighted by Crippen LogP contribution is -2.16. The third-order valence-electron chi connectivity index (χ3n) is 5.82. The number of rotatable bonds is 40. The van der Waals surface area contributed by atoms with Gasteiger partial charge in [-0.3, -0.25) is 4.18 Å². The fourth-order valence-electron chi connectivity index (χ4n) is 3.44. The minimum Gasteiger partial charge on any atom is -0.480 e. The quantitative estimate of drug-likeness (QED) is 0.0728. The summed E-state index contributed by atoms with van der Waals surface area (Å²) in [6.07, 6.45) is 0. The van der Waals surface area contributed by atoms with Crippen molar-refractivity contribution in [3.63, 3.8) is 0 Å². The van der Waals surface area contributed by atoms with Crippen molar-refractivity contribution in [1.29, 1.82) is 0 Å². The Labute approximate surface area is 295 Å². The maximum Gasteiger partial charge on any atom is 0.329 e. The van der Waals surface area contributed by atoms with Gasteiger partial charge in [0.05, 0.1) is 163 Å². The predicted molar refractivity (Wildman–Crippen MR) is 177 cm³/mol. The van der Waals surface area contributed by atoms with Crippen LogP contribution in [-0.4, -0.2) is 185 Å². The molecule has 0 radical (unpaired) electrons. The van der Waals surface area contributed by atoms with E-state index in [0.717, 1.165) is 0 Å². The number of aliphatic carboxylic acids is 1. The SMILES string of the molecule is O=C(O)COCCOCCOCCOCCOCCOCCOCCOCCOCCOCCOCCOCCOS(=O)(=O)c1ccccc1. The second-order valence-corrected chi connectivity index (χ2v) is 11.4. The molecule has 1 aromatic rings. The first-order valence-electron chi connectivity index (χ1n) is 16.6. The van der Waals surface area contributed by atoms with Gasteiger partial charge in [-0.05, 0) is 12.1 Å². The van der Waals surface area contributed by atoms with Crippen LogP contribution < -0.4 is 0 Å². The predicted octanol–water partition coefficient (Wildman–Crippen LogP) is 0.676. The van der Waals surface area contributed by atoms with Crippen molar-refractivity contribution in [2.75, 3.05) is 165 Å². The standard InChI is InChI=1S/C32H56O17S/c33-32(34)30-48-27-26-46-23-22-44-19-18-42-15-14-40-11-10-38-7-6-37-8-9-39-12-13-41-16-17-43-20-21-45-24-25-47-28-29-49-50(35,36)31-4-2-1-3-5-31/h1-5H,6-30H2,(H,33,34). The zero-order chi connectivity index (χ0) is 36.1. The van der Waals surface area contributed by atoms with Crippen LogP contribution in [0.15, 0.2) is 35.2 Å². The second-order valence-electron chi connectivity index (χ2n) is 9.77. The van der Waals surface area contributed by atoms with Crippen LogP contribution in [0.3, 0.4) is 0 Å². The molecule has 0 saturated heterocycles. The lowest BCUT2D eigenvalue weighted by molar-refractivity contribution is -0.142. The molecule has 1 aromatic carbocycles. The molecule has 1 N–H and O–H groups in total. The van der Waals surface area contributed by atoms with Gasteiger partial charge >= 0.3 is 5.97 Å². The number of carbonyl (C=O) groups is 1. The van der Waals surface area contributed by atoms with Crippen molar-refractivity contribution < 1.29 is 79.3 Å². The molecule has 18 heteroatoms. The number of hydrogen-bond acceptors (Lipinski definition) is 16. The van der Waals surface area contributed by atoms with Gasteiger partial charge in [0, 0.05) is 0 Å². The normalized spacial score (nSPS) is 11.8. The average molecular weight is 745 g/mol. The first-order chi connectivity index (χ1) is 24.5. The minimum atomic E-state index is -3.76. The van der Waals surface area contributed by atoms with Gasteiger partial charge in [-0.2, -0.15) is 8.42 Å². The summed E-state index contributed by atoms with van der Waals surface area (Å²) in [6.45, 7) is 9.12. The highest BCUT2D eigenvalue weighted by atomic mass is 32.2. The van der Waals surface area contributed by atoms with E-state index in [4.69, 9.17) is 66.1 Å². The average Bonchev–Trinajstić information content (AvgIpc) is 3.11. The highest BCUT2D eigenvalue weighted by Gasteiger charge is 2.13. The van der Waals surface area contributed by atoms with Crippen molar-refractivity contribution in [3.05, 3.63) is 30.3 Å². The second kappa shape index (κ2) is 35.5. The van der Waals surface area contributed by atoms with Gasteiger partial charge in [0.25, 0.3) is 10.1 Å². The molecular weight excluding hydrogens is 688 g/mol. The number of carboxylic acid groups (broad SMARTS) is 1. The van der Waals surface area contributed by atoms with Crippen LogP contribution in [-0.2, 0) is 75.9 Å². The van der Waals surface area contributed by atoms with E-state index in [1.54, 1.807) is 18.2 Å². The van der Waals surface area contributed by atoms with Crippen LogP contribution >= 0.6 is 0 Å². The Hall–Kier alpha value is -1.88. The number of carboxylic acids is 1. The third kappa shape index (κ3) is 32.1. The van der Waals surface area contributed by atoms with E-state index < -0.39 is 16.1 Å². The Kier molecular flexibility index (Phi) is 32.8. The van der Waals surface area contributed by atoms with E-state index in [1.807, 2.05) is 0 Å². The van der Waals surface area contributed by atoms with E-state index in [1.165, 1.54) is 12.1 Å². The Balaban J connectivity index is 1.65. The monoisotopic (exact) mass is 744 g/mol. The van der Waals surface area contributed by atoms with Gasteiger partial charge in [0.15, 0.2) is 0 Å². The topological polar surface area (TPSA) is 191 Å². The van der Waals surface area contributed by atoms with Crippen LogP contribution in [0, 0.1) is 0 Å². The Morgan fingerprint density at radius 2 is 0.640 bits per heavy atom. The lowest BCUT2D eigenvalue weighted by atomic mass is 10.4. The molecule has 0 heterocycles. The van der Waals surface area contributed by atoms with Crippen LogP contribution in [0.1, 0.15) is 0 Å². The van der Waals surface area contributed by atoms with Crippen molar-refractivity contribution in [1.82, 2.24) is 0 Å². The van der Waals surface area contributed by atoms with Crippen molar-refractivity contribution >= 4 is 16.1 Å². The van der Waals surface area contributed by atoms with Crippen molar-refractivity contribution in [2.45, 2.75) is 4.90 Å². The maximum atomic E-state index is 12.0. The van der Waals surface area contributed by atoms with E-state index >= 15 is 0 Å². The van der Waals surface area contributed by atoms with Crippen LogP contribution in [0.25, 0.3) is 0 Å². The van der Waals surface area contributed by atoms with Gasteiger partial charge in [-0.15, -0.1) is 0 Å². The minimum absolute atomic E-state index is 0.0655. The molecule has 0 amide bonds. The first kappa shape index (κ1) is 46.1. The van der Waals surface area contributed by atoms with Crippen molar-refractivity contribution in [2.24, 2.45) is 0 Å². The Morgan fingerprint density at radius 1 is 0.400 bits per heavy atom. The van der Waals surface area contributed by atoms with Crippen LogP contribution in [0.4, 0.5) is 0 Å². The summed E-state index contributed by atoms with van der Waals surface area (Å²) in [7, 11) is -3.76. The highest BCUT2D eigenvalue weighted by Crippen LogP contribution is 2.10. The summed E-state index contributed by atoms with van der Waals surface area (Å²) < 4.78 is 93.1. The summed E-state index contributed by atoms with van der Waals surface area (Å²) in [5.41, 5.74) is 0. The van der Waals surface area contributed by atoms with E-state index in [0.29, 0.717) is 139 Å². The van der Waals surface area contributed by atoms with Gasteiger partial charge in [0.2, 0.25) is 0 Å².